The van der Waals surface area contributed by atoms with E-state index in [1.54, 1.807) is 19.1 Å². The maximum atomic E-state index is 12.5. The average molecular weight is 362 g/mol. The van der Waals surface area contributed by atoms with Gasteiger partial charge in [-0.2, -0.15) is 0 Å². The van der Waals surface area contributed by atoms with Gasteiger partial charge in [0.15, 0.2) is 0 Å². The van der Waals surface area contributed by atoms with E-state index < -0.39 is 10.0 Å². The normalized spacial score (nSPS) is 23.2. The standard InChI is InChI=1S/C14H20BrNO3S/c1-9-3-4-12(5-9)16-20(18,19)14-7-11(8-17)6-13(15)10(14)2/h6-7,9,12,16-17H,3-5,8H2,1-2H3. The quantitative estimate of drug-likeness (QED) is 0.866. The van der Waals surface area contributed by atoms with Gasteiger partial charge >= 0.3 is 0 Å². The molecule has 6 heteroatoms. The van der Waals surface area contributed by atoms with E-state index in [1.807, 2.05) is 0 Å². The minimum atomic E-state index is -3.54. The number of rotatable bonds is 4. The van der Waals surface area contributed by atoms with Crippen molar-refractivity contribution in [1.82, 2.24) is 4.72 Å². The highest BCUT2D eigenvalue weighted by Crippen LogP contribution is 2.29. The van der Waals surface area contributed by atoms with E-state index in [-0.39, 0.29) is 17.5 Å². The Morgan fingerprint density at radius 3 is 2.65 bits per heavy atom. The maximum absolute atomic E-state index is 12.5. The first kappa shape index (κ1) is 15.9. The fraction of sp³-hybridized carbons (Fsp3) is 0.571. The minimum absolute atomic E-state index is 0.0194. The Labute approximate surface area is 128 Å². The Kier molecular flexibility index (Phi) is 4.89. The van der Waals surface area contributed by atoms with Crippen molar-refractivity contribution in [2.24, 2.45) is 5.92 Å². The molecule has 0 aromatic heterocycles. The second-order valence-electron chi connectivity index (χ2n) is 5.60. The van der Waals surface area contributed by atoms with E-state index in [1.165, 1.54) is 0 Å². The van der Waals surface area contributed by atoms with Gasteiger partial charge in [-0.1, -0.05) is 22.9 Å². The van der Waals surface area contributed by atoms with Crippen LogP contribution in [0.1, 0.15) is 37.3 Å². The third-order valence-electron chi connectivity index (χ3n) is 3.85. The van der Waals surface area contributed by atoms with Gasteiger partial charge < -0.3 is 5.11 Å². The van der Waals surface area contributed by atoms with Crippen LogP contribution in [0, 0.1) is 12.8 Å². The summed E-state index contributed by atoms with van der Waals surface area (Å²) in [7, 11) is -3.54. The van der Waals surface area contributed by atoms with Gasteiger partial charge in [-0.15, -0.1) is 0 Å². The monoisotopic (exact) mass is 361 g/mol. The van der Waals surface area contributed by atoms with Gasteiger partial charge in [0, 0.05) is 10.5 Å². The molecule has 2 N–H and O–H groups in total. The number of benzene rings is 1. The van der Waals surface area contributed by atoms with E-state index in [4.69, 9.17) is 0 Å². The molecule has 0 bridgehead atoms. The number of hydrogen-bond acceptors (Lipinski definition) is 3. The molecule has 1 fully saturated rings. The summed E-state index contributed by atoms with van der Waals surface area (Å²) in [6, 6.07) is 3.30. The highest BCUT2D eigenvalue weighted by Gasteiger charge is 2.28. The lowest BCUT2D eigenvalue weighted by molar-refractivity contribution is 0.281. The highest BCUT2D eigenvalue weighted by atomic mass is 79.9. The largest absolute Gasteiger partial charge is 0.392 e. The molecule has 112 valence electrons. The molecule has 0 aliphatic heterocycles. The van der Waals surface area contributed by atoms with Crippen molar-refractivity contribution in [2.75, 3.05) is 0 Å². The second kappa shape index (κ2) is 6.13. The van der Waals surface area contributed by atoms with Gasteiger partial charge in [-0.25, -0.2) is 13.1 Å². The van der Waals surface area contributed by atoms with Gasteiger partial charge in [0.05, 0.1) is 11.5 Å². The average Bonchev–Trinajstić information content (AvgIpc) is 2.76. The van der Waals surface area contributed by atoms with Crippen LogP contribution in [0.4, 0.5) is 0 Å². The molecule has 4 nitrogen and oxygen atoms in total. The first-order valence-electron chi connectivity index (χ1n) is 6.75. The molecule has 0 amide bonds. The van der Waals surface area contributed by atoms with Crippen LogP contribution in [0.5, 0.6) is 0 Å². The molecule has 2 rings (SSSR count). The van der Waals surface area contributed by atoms with E-state index in [0.717, 1.165) is 19.3 Å². The van der Waals surface area contributed by atoms with Crippen LogP contribution in [-0.4, -0.2) is 19.6 Å². The summed E-state index contributed by atoms with van der Waals surface area (Å²) in [6.45, 7) is 3.72. The predicted octanol–water partition coefficient (Wildman–Crippen LogP) is 2.72. The summed E-state index contributed by atoms with van der Waals surface area (Å²) in [5, 5.41) is 9.23. The van der Waals surface area contributed by atoms with Crippen molar-refractivity contribution in [2.45, 2.75) is 50.7 Å². The lowest BCUT2D eigenvalue weighted by atomic mass is 10.1. The Balaban J connectivity index is 2.31. The number of aliphatic hydroxyl groups is 1. The summed E-state index contributed by atoms with van der Waals surface area (Å²) in [5.41, 5.74) is 1.25. The van der Waals surface area contributed by atoms with Crippen molar-refractivity contribution >= 4 is 26.0 Å². The fourth-order valence-corrected chi connectivity index (χ4v) is 4.91. The van der Waals surface area contributed by atoms with Crippen molar-refractivity contribution in [3.8, 4) is 0 Å². The Hall–Kier alpha value is -0.430. The van der Waals surface area contributed by atoms with Gasteiger partial charge in [-0.05, 0) is 55.4 Å². The summed E-state index contributed by atoms with van der Waals surface area (Å²) >= 11 is 3.35. The van der Waals surface area contributed by atoms with Gasteiger partial charge in [0.25, 0.3) is 0 Å². The summed E-state index contributed by atoms with van der Waals surface area (Å²) < 4.78 is 28.5. The first-order valence-corrected chi connectivity index (χ1v) is 9.03. The molecule has 0 spiro atoms. The molecular formula is C14H20BrNO3S. The van der Waals surface area contributed by atoms with E-state index in [9.17, 15) is 13.5 Å². The number of sulfonamides is 1. The lowest BCUT2D eigenvalue weighted by Crippen LogP contribution is -2.33. The fourth-order valence-electron chi connectivity index (χ4n) is 2.67. The molecule has 1 saturated carbocycles. The topological polar surface area (TPSA) is 66.4 Å². The molecule has 1 aromatic rings. The molecule has 2 atom stereocenters. The summed E-state index contributed by atoms with van der Waals surface area (Å²) in [6.07, 6.45) is 2.84. The summed E-state index contributed by atoms with van der Waals surface area (Å²) in [5.74, 6) is 0.569. The van der Waals surface area contributed by atoms with Crippen molar-refractivity contribution in [1.29, 1.82) is 0 Å². The molecule has 1 aromatic carbocycles. The van der Waals surface area contributed by atoms with Crippen LogP contribution in [-0.2, 0) is 16.6 Å². The van der Waals surface area contributed by atoms with Gasteiger partial charge in [-0.3, -0.25) is 0 Å². The number of hydrogen-bond donors (Lipinski definition) is 2. The zero-order valence-electron chi connectivity index (χ0n) is 11.7. The molecular weight excluding hydrogens is 342 g/mol. The third-order valence-corrected chi connectivity index (χ3v) is 6.32. The number of halogens is 1. The number of nitrogens with one attached hydrogen (secondary N) is 1. The van der Waals surface area contributed by atoms with Crippen LogP contribution in [0.3, 0.4) is 0 Å². The van der Waals surface area contributed by atoms with Crippen LogP contribution in [0.25, 0.3) is 0 Å². The molecule has 1 aliphatic rings. The van der Waals surface area contributed by atoms with Crippen LogP contribution >= 0.6 is 15.9 Å². The SMILES string of the molecule is Cc1c(Br)cc(CO)cc1S(=O)(=O)NC1CCC(C)C1. The molecule has 1 aliphatic carbocycles. The Morgan fingerprint density at radius 1 is 1.40 bits per heavy atom. The zero-order valence-corrected chi connectivity index (χ0v) is 14.1. The number of aliphatic hydroxyl groups excluding tert-OH is 1. The van der Waals surface area contributed by atoms with Gasteiger partial charge in [0.1, 0.15) is 0 Å². The van der Waals surface area contributed by atoms with Crippen molar-refractivity contribution in [3.05, 3.63) is 27.7 Å². The van der Waals surface area contributed by atoms with E-state index in [2.05, 4.69) is 27.6 Å². The smallest absolute Gasteiger partial charge is 0.241 e. The molecule has 20 heavy (non-hydrogen) atoms. The Bertz CT molecular complexity index is 601. The molecule has 0 radical (unpaired) electrons. The molecule has 2 unspecified atom stereocenters. The second-order valence-corrected chi connectivity index (χ2v) is 8.13. The van der Waals surface area contributed by atoms with Crippen LogP contribution < -0.4 is 4.72 Å². The molecule has 0 saturated heterocycles. The highest BCUT2D eigenvalue weighted by molar-refractivity contribution is 9.10. The van der Waals surface area contributed by atoms with Crippen molar-refractivity contribution < 1.29 is 13.5 Å². The van der Waals surface area contributed by atoms with Crippen LogP contribution in [0.2, 0.25) is 0 Å². The summed E-state index contributed by atoms with van der Waals surface area (Å²) in [4.78, 5) is 0.246. The zero-order chi connectivity index (χ0) is 14.9. The van der Waals surface area contributed by atoms with Crippen molar-refractivity contribution in [3.63, 3.8) is 0 Å². The first-order chi connectivity index (χ1) is 9.33. The van der Waals surface area contributed by atoms with E-state index in [0.29, 0.717) is 21.5 Å². The van der Waals surface area contributed by atoms with Crippen LogP contribution in [0.15, 0.2) is 21.5 Å². The predicted molar refractivity (Wildman–Crippen MR) is 81.9 cm³/mol. The van der Waals surface area contributed by atoms with Gasteiger partial charge in [0.2, 0.25) is 10.0 Å². The third kappa shape index (κ3) is 3.42. The lowest BCUT2D eigenvalue weighted by Gasteiger charge is -2.16. The maximum Gasteiger partial charge on any atom is 0.241 e. The Morgan fingerprint density at radius 2 is 2.10 bits per heavy atom. The minimum Gasteiger partial charge on any atom is -0.392 e. The molecule has 0 heterocycles. The van der Waals surface area contributed by atoms with E-state index >= 15 is 0 Å².